The summed E-state index contributed by atoms with van der Waals surface area (Å²) >= 11 is 0. The lowest BCUT2D eigenvalue weighted by Crippen LogP contribution is -2.10. The molecular weight excluding hydrogens is 326 g/mol. The Bertz CT molecular complexity index is 718. The number of methoxy groups -OCH3 is 1. The molecule has 2 rings (SSSR count). The van der Waals surface area contributed by atoms with Crippen molar-refractivity contribution in [3.63, 3.8) is 0 Å². The second-order valence-corrected chi connectivity index (χ2v) is 6.72. The van der Waals surface area contributed by atoms with E-state index in [2.05, 4.69) is 48.0 Å². The smallest absolute Gasteiger partial charge is 0.305 e. The Morgan fingerprint density at radius 1 is 0.846 bits per heavy atom. The quantitative estimate of drug-likeness (QED) is 0.382. The van der Waals surface area contributed by atoms with Crippen molar-refractivity contribution in [2.75, 3.05) is 21.2 Å². The number of Topliss-reactive ketones (excluding diaryl/α,β-unsaturated/α-hetero) is 1. The Morgan fingerprint density at radius 3 is 1.92 bits per heavy atom. The fourth-order valence-electron chi connectivity index (χ4n) is 2.82. The highest BCUT2D eigenvalue weighted by Crippen LogP contribution is 2.21. The number of nitrogens with zero attached hydrogens (tertiary/aromatic N) is 1. The van der Waals surface area contributed by atoms with Crippen molar-refractivity contribution in [3.05, 3.63) is 59.7 Å². The summed E-state index contributed by atoms with van der Waals surface area (Å²) in [6, 6.07) is 16.2. The molecule has 0 saturated carbocycles. The predicted octanol–water partition coefficient (Wildman–Crippen LogP) is 4.33. The molecule has 0 saturated heterocycles. The maximum Gasteiger partial charge on any atom is 0.305 e. The molecule has 0 aliphatic heterocycles. The second kappa shape index (κ2) is 9.88. The number of benzene rings is 2. The molecule has 4 heteroatoms. The van der Waals surface area contributed by atoms with Crippen molar-refractivity contribution >= 4 is 11.8 Å². The lowest BCUT2D eigenvalue weighted by Gasteiger charge is -2.10. The summed E-state index contributed by atoms with van der Waals surface area (Å²) in [5.41, 5.74) is 4.24. The lowest BCUT2D eigenvalue weighted by atomic mass is 9.99. The lowest BCUT2D eigenvalue weighted by molar-refractivity contribution is -0.140. The molecule has 0 aromatic heterocycles. The molecule has 0 unspecified atom stereocenters. The Labute approximate surface area is 155 Å². The maximum absolute atomic E-state index is 12.2. The van der Waals surface area contributed by atoms with Gasteiger partial charge in [0.2, 0.25) is 0 Å². The summed E-state index contributed by atoms with van der Waals surface area (Å²) < 4.78 is 4.60. The van der Waals surface area contributed by atoms with Crippen molar-refractivity contribution < 1.29 is 14.3 Å². The van der Waals surface area contributed by atoms with Gasteiger partial charge in [-0.25, -0.2) is 0 Å². The molecule has 0 radical (unpaired) electrons. The van der Waals surface area contributed by atoms with E-state index in [0.29, 0.717) is 25.7 Å². The number of rotatable bonds is 9. The average Bonchev–Trinajstić information content (AvgIpc) is 2.65. The van der Waals surface area contributed by atoms with Gasteiger partial charge in [0, 0.05) is 24.9 Å². The first-order chi connectivity index (χ1) is 12.5. The van der Waals surface area contributed by atoms with E-state index in [-0.39, 0.29) is 11.8 Å². The first-order valence-electron chi connectivity index (χ1n) is 8.93. The maximum atomic E-state index is 12.2. The number of carbonyl (C=O) groups excluding carboxylic acids is 2. The number of unbranched alkanes of at least 4 members (excludes halogenated alkanes) is 1. The molecule has 0 bridgehead atoms. The van der Waals surface area contributed by atoms with Crippen LogP contribution in [0.4, 0.5) is 0 Å². The van der Waals surface area contributed by atoms with Crippen LogP contribution in [0.25, 0.3) is 11.1 Å². The molecule has 0 amide bonds. The Kier molecular flexibility index (Phi) is 7.54. The van der Waals surface area contributed by atoms with Gasteiger partial charge in [-0.1, -0.05) is 48.5 Å². The molecule has 4 nitrogen and oxygen atoms in total. The van der Waals surface area contributed by atoms with E-state index in [0.717, 1.165) is 23.2 Å². The third kappa shape index (κ3) is 6.12. The predicted molar refractivity (Wildman–Crippen MR) is 104 cm³/mol. The van der Waals surface area contributed by atoms with Crippen molar-refractivity contribution in [3.8, 4) is 11.1 Å². The molecule has 0 heterocycles. The average molecular weight is 353 g/mol. The first kappa shape index (κ1) is 19.9. The normalized spacial score (nSPS) is 10.8. The molecule has 0 aliphatic carbocycles. The highest BCUT2D eigenvalue weighted by Gasteiger charge is 2.08. The summed E-state index contributed by atoms with van der Waals surface area (Å²) in [6.07, 6.45) is 2.20. The number of ether oxygens (including phenoxy) is 1. The van der Waals surface area contributed by atoms with Crippen LogP contribution in [-0.4, -0.2) is 37.9 Å². The fraction of sp³-hybridized carbons (Fsp3) is 0.364. The molecule has 0 N–H and O–H groups in total. The van der Waals surface area contributed by atoms with Gasteiger partial charge in [0.1, 0.15) is 0 Å². The van der Waals surface area contributed by atoms with E-state index in [1.165, 1.54) is 12.7 Å². The molecule has 0 fully saturated rings. The van der Waals surface area contributed by atoms with Gasteiger partial charge in [0.25, 0.3) is 0 Å². The summed E-state index contributed by atoms with van der Waals surface area (Å²) in [7, 11) is 5.49. The van der Waals surface area contributed by atoms with E-state index in [4.69, 9.17) is 0 Å². The number of carbonyl (C=O) groups is 2. The second-order valence-electron chi connectivity index (χ2n) is 6.72. The third-order valence-corrected chi connectivity index (χ3v) is 4.26. The van der Waals surface area contributed by atoms with Crippen LogP contribution in [0, 0.1) is 0 Å². The van der Waals surface area contributed by atoms with Crippen LogP contribution in [0.2, 0.25) is 0 Å². The SMILES string of the molecule is COC(=O)CCCCC(=O)c1ccc(-c2ccc(CN(C)C)cc2)cc1. The van der Waals surface area contributed by atoms with Gasteiger partial charge in [-0.2, -0.15) is 0 Å². The fourth-order valence-corrected chi connectivity index (χ4v) is 2.82. The van der Waals surface area contributed by atoms with E-state index in [1.54, 1.807) is 0 Å². The number of hydrogen-bond acceptors (Lipinski definition) is 4. The van der Waals surface area contributed by atoms with Crippen LogP contribution >= 0.6 is 0 Å². The van der Waals surface area contributed by atoms with E-state index >= 15 is 0 Å². The molecular formula is C22H27NO3. The monoisotopic (exact) mass is 353 g/mol. The van der Waals surface area contributed by atoms with E-state index in [1.807, 2.05) is 24.3 Å². The molecule has 0 spiro atoms. The minimum atomic E-state index is -0.224. The van der Waals surface area contributed by atoms with Crippen molar-refractivity contribution in [1.82, 2.24) is 4.90 Å². The van der Waals surface area contributed by atoms with Gasteiger partial charge in [-0.3, -0.25) is 9.59 Å². The van der Waals surface area contributed by atoms with Gasteiger partial charge < -0.3 is 9.64 Å². The van der Waals surface area contributed by atoms with Crippen LogP contribution in [0.1, 0.15) is 41.6 Å². The molecule has 138 valence electrons. The van der Waals surface area contributed by atoms with Crippen LogP contribution in [0.15, 0.2) is 48.5 Å². The van der Waals surface area contributed by atoms with Crippen LogP contribution in [0.5, 0.6) is 0 Å². The molecule has 26 heavy (non-hydrogen) atoms. The standard InChI is InChI=1S/C22H27NO3/c1-23(2)16-17-8-10-18(11-9-17)19-12-14-20(15-13-19)21(24)6-4-5-7-22(25)26-3/h8-15H,4-7,16H2,1-3H3. The Hall–Kier alpha value is -2.46. The van der Waals surface area contributed by atoms with Gasteiger partial charge in [-0.05, 0) is 43.6 Å². The zero-order chi connectivity index (χ0) is 18.9. The largest absolute Gasteiger partial charge is 0.469 e. The Morgan fingerprint density at radius 2 is 1.38 bits per heavy atom. The first-order valence-corrected chi connectivity index (χ1v) is 8.93. The minimum absolute atomic E-state index is 0.114. The molecule has 2 aromatic carbocycles. The minimum Gasteiger partial charge on any atom is -0.469 e. The summed E-state index contributed by atoms with van der Waals surface area (Å²) in [6.45, 7) is 0.920. The highest BCUT2D eigenvalue weighted by molar-refractivity contribution is 5.96. The zero-order valence-corrected chi connectivity index (χ0v) is 15.8. The number of esters is 1. The van der Waals surface area contributed by atoms with Crippen LogP contribution in [0.3, 0.4) is 0 Å². The molecule has 0 atom stereocenters. The molecule has 2 aromatic rings. The summed E-state index contributed by atoms with van der Waals surface area (Å²) in [4.78, 5) is 25.4. The Balaban J connectivity index is 1.91. The summed E-state index contributed by atoms with van der Waals surface area (Å²) in [5.74, 6) is -0.110. The summed E-state index contributed by atoms with van der Waals surface area (Å²) in [5, 5.41) is 0. The highest BCUT2D eigenvalue weighted by atomic mass is 16.5. The van der Waals surface area contributed by atoms with Gasteiger partial charge in [0.15, 0.2) is 5.78 Å². The van der Waals surface area contributed by atoms with E-state index < -0.39 is 0 Å². The third-order valence-electron chi connectivity index (χ3n) is 4.26. The van der Waals surface area contributed by atoms with Gasteiger partial charge in [-0.15, -0.1) is 0 Å². The van der Waals surface area contributed by atoms with Crippen LogP contribution < -0.4 is 0 Å². The number of hydrogen-bond donors (Lipinski definition) is 0. The van der Waals surface area contributed by atoms with Gasteiger partial charge in [0.05, 0.1) is 7.11 Å². The molecule has 0 aliphatic rings. The van der Waals surface area contributed by atoms with Gasteiger partial charge >= 0.3 is 5.97 Å². The van der Waals surface area contributed by atoms with Crippen molar-refractivity contribution in [2.45, 2.75) is 32.2 Å². The number of ketones is 1. The van der Waals surface area contributed by atoms with E-state index in [9.17, 15) is 9.59 Å². The van der Waals surface area contributed by atoms with Crippen molar-refractivity contribution in [2.24, 2.45) is 0 Å². The zero-order valence-electron chi connectivity index (χ0n) is 15.8. The van der Waals surface area contributed by atoms with Crippen LogP contribution in [-0.2, 0) is 16.1 Å². The topological polar surface area (TPSA) is 46.6 Å². The van der Waals surface area contributed by atoms with Crippen molar-refractivity contribution in [1.29, 1.82) is 0 Å².